The van der Waals surface area contributed by atoms with Crippen LogP contribution in [0.4, 0.5) is 0 Å². The fraction of sp³-hybridized carbons (Fsp3) is 0.421. The molecular formula is C19H23N5O2. The molecule has 26 heavy (non-hydrogen) atoms. The van der Waals surface area contributed by atoms with E-state index in [1.807, 2.05) is 6.07 Å². The number of morpholine rings is 1. The summed E-state index contributed by atoms with van der Waals surface area (Å²) < 4.78 is 13.1. The van der Waals surface area contributed by atoms with Crippen LogP contribution in [-0.4, -0.2) is 58.5 Å². The highest BCUT2D eigenvalue weighted by Gasteiger charge is 2.21. The topological polar surface area (TPSA) is 65.3 Å². The normalized spacial score (nSPS) is 18.3. The maximum Gasteiger partial charge on any atom is 0.138 e. The van der Waals surface area contributed by atoms with E-state index in [1.54, 1.807) is 18.1 Å². The van der Waals surface area contributed by atoms with Crippen molar-refractivity contribution in [2.24, 2.45) is 0 Å². The van der Waals surface area contributed by atoms with Gasteiger partial charge in [0.2, 0.25) is 0 Å². The van der Waals surface area contributed by atoms with Crippen LogP contribution >= 0.6 is 0 Å². The van der Waals surface area contributed by atoms with Crippen LogP contribution in [0, 0.1) is 0 Å². The number of rotatable bonds is 6. The Bertz CT molecular complexity index is 852. The zero-order valence-corrected chi connectivity index (χ0v) is 14.9. The van der Waals surface area contributed by atoms with Crippen LogP contribution in [0.15, 0.2) is 42.7 Å². The van der Waals surface area contributed by atoms with Gasteiger partial charge in [-0.05, 0) is 51.4 Å². The number of aromatic nitrogens is 4. The molecule has 7 heteroatoms. The first-order valence-electron chi connectivity index (χ1n) is 8.94. The third kappa shape index (κ3) is 3.84. The zero-order chi connectivity index (χ0) is 17.8. The van der Waals surface area contributed by atoms with E-state index in [0.717, 1.165) is 45.0 Å². The third-order valence-corrected chi connectivity index (χ3v) is 4.85. The van der Waals surface area contributed by atoms with Gasteiger partial charge in [-0.2, -0.15) is 0 Å². The molecule has 0 spiro atoms. The summed E-state index contributed by atoms with van der Waals surface area (Å²) >= 11 is 0. The summed E-state index contributed by atoms with van der Waals surface area (Å²) in [6.07, 6.45) is 2.80. The van der Waals surface area contributed by atoms with Gasteiger partial charge in [-0.3, -0.25) is 4.90 Å². The summed E-state index contributed by atoms with van der Waals surface area (Å²) in [5.74, 6) is 0.882. The van der Waals surface area contributed by atoms with Gasteiger partial charge in [0.05, 0.1) is 19.8 Å². The second-order valence-corrected chi connectivity index (χ2v) is 6.56. The smallest absolute Gasteiger partial charge is 0.138 e. The zero-order valence-electron chi connectivity index (χ0n) is 14.9. The second kappa shape index (κ2) is 7.80. The molecule has 1 atom stereocenters. The van der Waals surface area contributed by atoms with Crippen molar-refractivity contribution < 1.29 is 9.47 Å². The summed E-state index contributed by atoms with van der Waals surface area (Å²) in [5, 5.41) is 13.6. The molecule has 1 aliphatic rings. The molecule has 0 N–H and O–H groups in total. The Morgan fingerprint density at radius 1 is 1.15 bits per heavy atom. The predicted molar refractivity (Wildman–Crippen MR) is 98.1 cm³/mol. The fourth-order valence-corrected chi connectivity index (χ4v) is 3.42. The molecule has 1 fully saturated rings. The first-order valence-corrected chi connectivity index (χ1v) is 8.94. The Labute approximate surface area is 152 Å². The standard InChI is InChI=1S/C19H23N5O2/c1-25-18-6-5-15-11-17(4-3-16(15)12-18)19-13-23(9-10-26-19)7-2-8-24-14-20-21-22-24/h3-6,11-12,14,19H,2,7-10,13H2,1H3/t19-/m0/s1. The highest BCUT2D eigenvalue weighted by atomic mass is 16.5. The van der Waals surface area contributed by atoms with Crippen molar-refractivity contribution in [2.45, 2.75) is 19.1 Å². The van der Waals surface area contributed by atoms with Crippen molar-refractivity contribution >= 4 is 10.8 Å². The number of fused-ring (bicyclic) bond motifs is 1. The summed E-state index contributed by atoms with van der Waals surface area (Å²) in [6.45, 7) is 4.50. The number of ether oxygens (including phenoxy) is 2. The Hall–Kier alpha value is -2.51. The van der Waals surface area contributed by atoms with Crippen molar-refractivity contribution in [1.82, 2.24) is 25.1 Å². The Morgan fingerprint density at radius 2 is 2.04 bits per heavy atom. The minimum atomic E-state index is 0.114. The minimum absolute atomic E-state index is 0.114. The van der Waals surface area contributed by atoms with Crippen LogP contribution in [-0.2, 0) is 11.3 Å². The number of nitrogens with zero attached hydrogens (tertiary/aromatic N) is 5. The first-order chi connectivity index (χ1) is 12.8. The number of tetrazole rings is 1. The maximum absolute atomic E-state index is 6.04. The van der Waals surface area contributed by atoms with Crippen LogP contribution < -0.4 is 4.74 Å². The van der Waals surface area contributed by atoms with E-state index in [1.165, 1.54) is 16.3 Å². The number of benzene rings is 2. The van der Waals surface area contributed by atoms with Gasteiger partial charge < -0.3 is 9.47 Å². The van der Waals surface area contributed by atoms with Crippen molar-refractivity contribution in [1.29, 1.82) is 0 Å². The average Bonchev–Trinajstić information content (AvgIpc) is 3.21. The lowest BCUT2D eigenvalue weighted by molar-refractivity contribution is -0.0305. The highest BCUT2D eigenvalue weighted by molar-refractivity contribution is 5.84. The van der Waals surface area contributed by atoms with E-state index in [4.69, 9.17) is 9.47 Å². The number of methoxy groups -OCH3 is 1. The quantitative estimate of drug-likeness (QED) is 0.677. The van der Waals surface area contributed by atoms with Crippen LogP contribution in [0.2, 0.25) is 0 Å². The van der Waals surface area contributed by atoms with Gasteiger partial charge in [0.15, 0.2) is 0 Å². The largest absolute Gasteiger partial charge is 0.497 e. The molecule has 0 amide bonds. The molecule has 1 aliphatic heterocycles. The molecule has 2 aromatic carbocycles. The van der Waals surface area contributed by atoms with E-state index in [9.17, 15) is 0 Å². The lowest BCUT2D eigenvalue weighted by Crippen LogP contribution is -2.39. The Morgan fingerprint density at radius 3 is 2.88 bits per heavy atom. The van der Waals surface area contributed by atoms with E-state index < -0.39 is 0 Å². The SMILES string of the molecule is COc1ccc2cc([C@@H]3CN(CCCn4cnnn4)CCO3)ccc2c1. The van der Waals surface area contributed by atoms with E-state index >= 15 is 0 Å². The molecule has 0 aliphatic carbocycles. The van der Waals surface area contributed by atoms with Crippen molar-refractivity contribution in [3.63, 3.8) is 0 Å². The third-order valence-electron chi connectivity index (χ3n) is 4.85. The van der Waals surface area contributed by atoms with E-state index in [0.29, 0.717) is 0 Å². The minimum Gasteiger partial charge on any atom is -0.497 e. The van der Waals surface area contributed by atoms with Gasteiger partial charge in [0.25, 0.3) is 0 Å². The second-order valence-electron chi connectivity index (χ2n) is 6.56. The van der Waals surface area contributed by atoms with E-state index in [2.05, 4.69) is 50.8 Å². The van der Waals surface area contributed by atoms with Crippen LogP contribution in [0.25, 0.3) is 10.8 Å². The highest BCUT2D eigenvalue weighted by Crippen LogP contribution is 2.27. The number of hydrogen-bond donors (Lipinski definition) is 0. The molecule has 4 rings (SSSR count). The molecule has 0 radical (unpaired) electrons. The first kappa shape index (κ1) is 16.9. The van der Waals surface area contributed by atoms with E-state index in [-0.39, 0.29) is 6.10 Å². The molecule has 2 heterocycles. The van der Waals surface area contributed by atoms with Crippen molar-refractivity contribution in [3.05, 3.63) is 48.3 Å². The molecular weight excluding hydrogens is 330 g/mol. The summed E-state index contributed by atoms with van der Waals surface area (Å²) in [4.78, 5) is 2.46. The Balaban J connectivity index is 1.39. The summed E-state index contributed by atoms with van der Waals surface area (Å²) in [6, 6.07) is 12.7. The molecule has 3 aromatic rings. The average molecular weight is 353 g/mol. The molecule has 0 saturated carbocycles. The predicted octanol–water partition coefficient (Wildman–Crippen LogP) is 2.30. The number of hydrogen-bond acceptors (Lipinski definition) is 6. The van der Waals surface area contributed by atoms with Crippen molar-refractivity contribution in [3.8, 4) is 5.75 Å². The summed E-state index contributed by atoms with van der Waals surface area (Å²) in [7, 11) is 1.69. The van der Waals surface area contributed by atoms with Gasteiger partial charge in [-0.25, -0.2) is 4.68 Å². The molecule has 1 aromatic heterocycles. The van der Waals surface area contributed by atoms with Crippen LogP contribution in [0.1, 0.15) is 18.1 Å². The van der Waals surface area contributed by atoms with Crippen molar-refractivity contribution in [2.75, 3.05) is 33.4 Å². The molecule has 0 bridgehead atoms. The van der Waals surface area contributed by atoms with Gasteiger partial charge in [-0.15, -0.1) is 5.10 Å². The monoisotopic (exact) mass is 353 g/mol. The van der Waals surface area contributed by atoms with Gasteiger partial charge in [0, 0.05) is 26.2 Å². The molecule has 0 unspecified atom stereocenters. The maximum atomic E-state index is 6.04. The number of aryl methyl sites for hydroxylation is 1. The van der Waals surface area contributed by atoms with Crippen LogP contribution in [0.5, 0.6) is 5.75 Å². The lowest BCUT2D eigenvalue weighted by atomic mass is 10.0. The Kier molecular flexibility index (Phi) is 5.08. The van der Waals surface area contributed by atoms with Gasteiger partial charge in [-0.1, -0.05) is 18.2 Å². The molecule has 7 nitrogen and oxygen atoms in total. The molecule has 1 saturated heterocycles. The fourth-order valence-electron chi connectivity index (χ4n) is 3.42. The van der Waals surface area contributed by atoms with Gasteiger partial charge in [0.1, 0.15) is 12.1 Å². The van der Waals surface area contributed by atoms with Crippen LogP contribution in [0.3, 0.4) is 0 Å². The van der Waals surface area contributed by atoms with Gasteiger partial charge >= 0.3 is 0 Å². The summed E-state index contributed by atoms with van der Waals surface area (Å²) in [5.41, 5.74) is 1.23. The molecule has 136 valence electrons. The lowest BCUT2D eigenvalue weighted by Gasteiger charge is -2.33.